The van der Waals surface area contributed by atoms with Gasteiger partial charge in [-0.25, -0.2) is 9.78 Å². The van der Waals surface area contributed by atoms with Gasteiger partial charge in [0.2, 0.25) is 5.91 Å². The Morgan fingerprint density at radius 1 is 1.20 bits per heavy atom. The molecule has 0 saturated heterocycles. The average molecular weight is 360 g/mol. The lowest BCUT2D eigenvalue weighted by Crippen LogP contribution is -2.22. The molecule has 0 fully saturated rings. The molecule has 0 unspecified atom stereocenters. The van der Waals surface area contributed by atoms with Crippen LogP contribution >= 0.6 is 11.8 Å². The van der Waals surface area contributed by atoms with E-state index in [1.54, 1.807) is 31.2 Å². The van der Waals surface area contributed by atoms with Crippen LogP contribution in [-0.4, -0.2) is 40.1 Å². The fourth-order valence-corrected chi connectivity index (χ4v) is 2.48. The number of para-hydroxylation sites is 1. The van der Waals surface area contributed by atoms with Crippen LogP contribution in [0.5, 0.6) is 0 Å². The zero-order valence-corrected chi connectivity index (χ0v) is 14.2. The Bertz CT molecular complexity index is 780. The molecule has 0 saturated carbocycles. The number of carbonyl (C=O) groups excluding carboxylic acids is 3. The SMILES string of the molecule is Cc1cnc(C(=O)OCC(=O)Nc2ccccc2SCC(N)=O)cn1. The van der Waals surface area contributed by atoms with E-state index in [0.717, 1.165) is 0 Å². The van der Waals surface area contributed by atoms with Crippen LogP contribution in [-0.2, 0) is 14.3 Å². The number of hydrogen-bond acceptors (Lipinski definition) is 7. The Morgan fingerprint density at radius 2 is 1.96 bits per heavy atom. The summed E-state index contributed by atoms with van der Waals surface area (Å²) < 4.78 is 4.91. The molecule has 2 amide bonds. The van der Waals surface area contributed by atoms with Crippen LogP contribution in [0.15, 0.2) is 41.6 Å². The molecule has 0 spiro atoms. The second-order valence-corrected chi connectivity index (χ2v) is 5.94. The van der Waals surface area contributed by atoms with Crippen molar-refractivity contribution in [3.8, 4) is 0 Å². The number of esters is 1. The first-order valence-corrected chi connectivity index (χ1v) is 8.20. The molecule has 1 aromatic carbocycles. The van der Waals surface area contributed by atoms with E-state index in [0.29, 0.717) is 16.3 Å². The molecule has 0 bridgehead atoms. The van der Waals surface area contributed by atoms with Gasteiger partial charge in [0.05, 0.1) is 23.3 Å². The van der Waals surface area contributed by atoms with Gasteiger partial charge in [0, 0.05) is 11.1 Å². The number of thioether (sulfide) groups is 1. The maximum Gasteiger partial charge on any atom is 0.359 e. The summed E-state index contributed by atoms with van der Waals surface area (Å²) in [5.74, 6) is -1.62. The number of carbonyl (C=O) groups is 3. The number of nitrogens with zero attached hydrogens (tertiary/aromatic N) is 2. The molecule has 2 rings (SSSR count). The molecule has 0 aliphatic carbocycles. The van der Waals surface area contributed by atoms with Gasteiger partial charge in [0.15, 0.2) is 12.3 Å². The van der Waals surface area contributed by atoms with E-state index in [4.69, 9.17) is 10.5 Å². The zero-order chi connectivity index (χ0) is 18.2. The normalized spacial score (nSPS) is 10.1. The Morgan fingerprint density at radius 3 is 2.64 bits per heavy atom. The van der Waals surface area contributed by atoms with E-state index in [-0.39, 0.29) is 11.4 Å². The standard InChI is InChI=1S/C16H16N4O4S/c1-10-6-19-12(7-18-10)16(23)24-8-15(22)20-11-4-2-3-5-13(11)25-9-14(17)21/h2-7H,8-9H2,1H3,(H2,17,21)(H,20,22). The maximum atomic E-state index is 12.0. The van der Waals surface area contributed by atoms with Crippen molar-refractivity contribution in [3.05, 3.63) is 48.0 Å². The highest BCUT2D eigenvalue weighted by atomic mass is 32.2. The van der Waals surface area contributed by atoms with Crippen molar-refractivity contribution in [2.45, 2.75) is 11.8 Å². The van der Waals surface area contributed by atoms with Gasteiger partial charge in [-0.05, 0) is 19.1 Å². The summed E-state index contributed by atoms with van der Waals surface area (Å²) in [6.45, 7) is 1.27. The van der Waals surface area contributed by atoms with Crippen LogP contribution in [0.1, 0.15) is 16.2 Å². The highest BCUT2D eigenvalue weighted by Crippen LogP contribution is 2.26. The van der Waals surface area contributed by atoms with Crippen molar-refractivity contribution in [2.75, 3.05) is 17.7 Å². The number of anilines is 1. The maximum absolute atomic E-state index is 12.0. The van der Waals surface area contributed by atoms with Crippen LogP contribution in [0, 0.1) is 6.92 Å². The van der Waals surface area contributed by atoms with Gasteiger partial charge in [0.25, 0.3) is 5.91 Å². The second kappa shape index (κ2) is 8.78. The predicted molar refractivity (Wildman–Crippen MR) is 92.0 cm³/mol. The summed E-state index contributed by atoms with van der Waals surface area (Å²) in [6, 6.07) is 6.93. The number of nitrogens with one attached hydrogen (secondary N) is 1. The largest absolute Gasteiger partial charge is 0.451 e. The topological polar surface area (TPSA) is 124 Å². The summed E-state index contributed by atoms with van der Waals surface area (Å²) in [6.07, 6.45) is 2.72. The van der Waals surface area contributed by atoms with E-state index in [1.807, 2.05) is 0 Å². The van der Waals surface area contributed by atoms with Crippen molar-refractivity contribution < 1.29 is 19.1 Å². The van der Waals surface area contributed by atoms with Crippen molar-refractivity contribution in [1.29, 1.82) is 0 Å². The number of benzene rings is 1. The monoisotopic (exact) mass is 360 g/mol. The van der Waals surface area contributed by atoms with Gasteiger partial charge in [-0.15, -0.1) is 11.8 Å². The molecular weight excluding hydrogens is 344 g/mol. The first-order valence-electron chi connectivity index (χ1n) is 7.21. The molecule has 25 heavy (non-hydrogen) atoms. The quantitative estimate of drug-likeness (QED) is 0.561. The molecule has 0 aliphatic heterocycles. The summed E-state index contributed by atoms with van der Waals surface area (Å²) in [5.41, 5.74) is 6.32. The molecule has 8 nitrogen and oxygen atoms in total. The van der Waals surface area contributed by atoms with Crippen LogP contribution in [0.3, 0.4) is 0 Å². The third-order valence-electron chi connectivity index (χ3n) is 2.86. The van der Waals surface area contributed by atoms with Gasteiger partial charge < -0.3 is 15.8 Å². The van der Waals surface area contributed by atoms with Crippen LogP contribution in [0.25, 0.3) is 0 Å². The number of aryl methyl sites for hydroxylation is 1. The van der Waals surface area contributed by atoms with Crippen molar-refractivity contribution in [1.82, 2.24) is 9.97 Å². The minimum absolute atomic E-state index is 0.0239. The number of nitrogens with two attached hydrogens (primary N) is 1. The second-order valence-electron chi connectivity index (χ2n) is 4.92. The van der Waals surface area contributed by atoms with Gasteiger partial charge >= 0.3 is 5.97 Å². The fraction of sp³-hybridized carbons (Fsp3) is 0.188. The van der Waals surface area contributed by atoms with E-state index in [2.05, 4.69) is 15.3 Å². The lowest BCUT2D eigenvalue weighted by Gasteiger charge is -2.10. The molecule has 0 atom stereocenters. The molecule has 1 aromatic heterocycles. The summed E-state index contributed by atoms with van der Waals surface area (Å²) in [5, 5.41) is 2.63. The number of primary amides is 1. The Hall–Kier alpha value is -2.94. The van der Waals surface area contributed by atoms with Gasteiger partial charge in [0.1, 0.15) is 0 Å². The molecule has 9 heteroatoms. The van der Waals surface area contributed by atoms with E-state index in [1.165, 1.54) is 24.2 Å². The fourth-order valence-electron chi connectivity index (χ4n) is 1.73. The first-order chi connectivity index (χ1) is 12.0. The number of amides is 2. The molecule has 1 heterocycles. The predicted octanol–water partition coefficient (Wildman–Crippen LogP) is 1.16. The smallest absolute Gasteiger partial charge is 0.359 e. The van der Waals surface area contributed by atoms with Crippen LogP contribution in [0.4, 0.5) is 5.69 Å². The molecule has 3 N–H and O–H groups in total. The van der Waals surface area contributed by atoms with E-state index in [9.17, 15) is 14.4 Å². The van der Waals surface area contributed by atoms with Gasteiger partial charge in [-0.1, -0.05) is 12.1 Å². The molecule has 0 radical (unpaired) electrons. The van der Waals surface area contributed by atoms with Crippen molar-refractivity contribution >= 4 is 35.2 Å². The highest BCUT2D eigenvalue weighted by Gasteiger charge is 2.13. The summed E-state index contributed by atoms with van der Waals surface area (Å²) in [4.78, 5) is 43.2. The Kier molecular flexibility index (Phi) is 6.47. The lowest BCUT2D eigenvalue weighted by molar-refractivity contribution is -0.119. The Balaban J connectivity index is 1.91. The number of hydrogen-bond donors (Lipinski definition) is 2. The minimum Gasteiger partial charge on any atom is -0.451 e. The molecule has 130 valence electrons. The first kappa shape index (κ1) is 18.4. The van der Waals surface area contributed by atoms with E-state index >= 15 is 0 Å². The van der Waals surface area contributed by atoms with Crippen LogP contribution in [0.2, 0.25) is 0 Å². The summed E-state index contributed by atoms with van der Waals surface area (Å²) in [7, 11) is 0. The lowest BCUT2D eigenvalue weighted by atomic mass is 10.3. The molecular formula is C16H16N4O4S. The Labute approximate surface area is 148 Å². The minimum atomic E-state index is -0.737. The third kappa shape index (κ3) is 5.88. The summed E-state index contributed by atoms with van der Waals surface area (Å²) >= 11 is 1.20. The molecule has 2 aromatic rings. The molecule has 0 aliphatic rings. The van der Waals surface area contributed by atoms with E-state index < -0.39 is 24.4 Å². The van der Waals surface area contributed by atoms with Crippen LogP contribution < -0.4 is 11.1 Å². The third-order valence-corrected chi connectivity index (χ3v) is 3.95. The average Bonchev–Trinajstić information content (AvgIpc) is 2.59. The number of rotatable bonds is 7. The number of aromatic nitrogens is 2. The highest BCUT2D eigenvalue weighted by molar-refractivity contribution is 8.00. The van der Waals surface area contributed by atoms with Gasteiger partial charge in [-0.2, -0.15) is 0 Å². The number of ether oxygens (including phenoxy) is 1. The van der Waals surface area contributed by atoms with Crippen molar-refractivity contribution in [2.24, 2.45) is 5.73 Å². The zero-order valence-electron chi connectivity index (χ0n) is 13.4. The van der Waals surface area contributed by atoms with Gasteiger partial charge in [-0.3, -0.25) is 14.6 Å². The van der Waals surface area contributed by atoms with Crippen molar-refractivity contribution in [3.63, 3.8) is 0 Å².